The van der Waals surface area contributed by atoms with E-state index in [9.17, 15) is 4.79 Å². The average Bonchev–Trinajstić information content (AvgIpc) is 3.34. The Balaban J connectivity index is 1.67. The number of aromatic nitrogens is 2. The molecule has 0 aliphatic heterocycles. The Labute approximate surface area is 204 Å². The molecule has 4 nitrogen and oxygen atoms in total. The molecule has 2 aromatic heterocycles. The van der Waals surface area contributed by atoms with Crippen LogP contribution in [-0.4, -0.2) is 9.55 Å². The first-order valence-electron chi connectivity index (χ1n) is 12.5. The summed E-state index contributed by atoms with van der Waals surface area (Å²) in [5, 5.41) is 0.931. The van der Waals surface area contributed by atoms with Crippen LogP contribution in [0.2, 0.25) is 0 Å². The SMILES string of the molecule is Cc1ccc2c(-c3ccccc3)c(-n3cc(-c4ccccc4)nc3C3CCCCC3)c(=O)oc2c1. The Kier molecular flexibility index (Phi) is 5.57. The Hall–Kier alpha value is -3.92. The van der Waals surface area contributed by atoms with Gasteiger partial charge in [0.25, 0.3) is 0 Å². The van der Waals surface area contributed by atoms with Crippen LogP contribution in [0.15, 0.2) is 94.3 Å². The minimum atomic E-state index is -0.337. The van der Waals surface area contributed by atoms with Gasteiger partial charge in [0.15, 0.2) is 0 Å². The second-order valence-corrected chi connectivity index (χ2v) is 9.53. The number of rotatable bonds is 4. The normalized spacial score (nSPS) is 14.4. The topological polar surface area (TPSA) is 48.0 Å². The van der Waals surface area contributed by atoms with Crippen LogP contribution < -0.4 is 5.63 Å². The van der Waals surface area contributed by atoms with Crippen molar-refractivity contribution in [3.05, 3.63) is 107 Å². The van der Waals surface area contributed by atoms with E-state index in [1.54, 1.807) is 0 Å². The number of hydrogen-bond acceptors (Lipinski definition) is 3. The predicted molar refractivity (Wildman–Crippen MR) is 141 cm³/mol. The second-order valence-electron chi connectivity index (χ2n) is 9.53. The largest absolute Gasteiger partial charge is 0.421 e. The summed E-state index contributed by atoms with van der Waals surface area (Å²) in [7, 11) is 0. The molecule has 0 bridgehead atoms. The minimum Gasteiger partial charge on any atom is -0.421 e. The first kappa shape index (κ1) is 21.6. The van der Waals surface area contributed by atoms with Crippen molar-refractivity contribution < 1.29 is 4.42 Å². The van der Waals surface area contributed by atoms with Crippen molar-refractivity contribution in [1.29, 1.82) is 0 Å². The zero-order chi connectivity index (χ0) is 23.8. The summed E-state index contributed by atoms with van der Waals surface area (Å²) < 4.78 is 7.98. The molecule has 174 valence electrons. The van der Waals surface area contributed by atoms with E-state index in [4.69, 9.17) is 9.40 Å². The second kappa shape index (κ2) is 9.03. The van der Waals surface area contributed by atoms with Gasteiger partial charge in [0.1, 0.15) is 17.1 Å². The number of imidazole rings is 1. The van der Waals surface area contributed by atoms with Crippen molar-refractivity contribution in [2.75, 3.05) is 0 Å². The highest BCUT2D eigenvalue weighted by molar-refractivity contribution is 5.97. The van der Waals surface area contributed by atoms with Gasteiger partial charge < -0.3 is 4.42 Å². The molecule has 1 aliphatic rings. The molecule has 0 saturated heterocycles. The van der Waals surface area contributed by atoms with Crippen molar-refractivity contribution >= 4 is 11.0 Å². The van der Waals surface area contributed by atoms with Gasteiger partial charge >= 0.3 is 5.63 Å². The van der Waals surface area contributed by atoms with Crippen LogP contribution in [0.5, 0.6) is 0 Å². The van der Waals surface area contributed by atoms with Crippen molar-refractivity contribution in [3.63, 3.8) is 0 Å². The Morgan fingerprint density at radius 1 is 0.857 bits per heavy atom. The molecule has 0 amide bonds. The third-order valence-electron chi connectivity index (χ3n) is 7.12. The summed E-state index contributed by atoms with van der Waals surface area (Å²) in [6, 6.07) is 26.4. The summed E-state index contributed by atoms with van der Waals surface area (Å²) >= 11 is 0. The van der Waals surface area contributed by atoms with Crippen LogP contribution in [-0.2, 0) is 0 Å². The van der Waals surface area contributed by atoms with Gasteiger partial charge in [0.05, 0.1) is 5.69 Å². The van der Waals surface area contributed by atoms with E-state index < -0.39 is 0 Å². The lowest BCUT2D eigenvalue weighted by atomic mass is 9.88. The zero-order valence-corrected chi connectivity index (χ0v) is 19.9. The average molecular weight is 461 g/mol. The molecular weight excluding hydrogens is 432 g/mol. The Morgan fingerprint density at radius 3 is 2.26 bits per heavy atom. The number of nitrogens with zero attached hydrogens (tertiary/aromatic N) is 2. The van der Waals surface area contributed by atoms with Crippen molar-refractivity contribution in [3.8, 4) is 28.1 Å². The first-order chi connectivity index (χ1) is 17.2. The lowest BCUT2D eigenvalue weighted by Gasteiger charge is -2.23. The number of hydrogen-bond donors (Lipinski definition) is 0. The van der Waals surface area contributed by atoms with E-state index in [1.165, 1.54) is 19.3 Å². The van der Waals surface area contributed by atoms with Gasteiger partial charge in [-0.1, -0.05) is 92.1 Å². The molecular formula is C31H28N2O2. The van der Waals surface area contributed by atoms with Crippen LogP contribution in [0, 0.1) is 6.92 Å². The van der Waals surface area contributed by atoms with Gasteiger partial charge in [0.2, 0.25) is 0 Å². The summed E-state index contributed by atoms with van der Waals surface area (Å²) in [5.74, 6) is 1.28. The number of benzene rings is 3. The van der Waals surface area contributed by atoms with Crippen LogP contribution in [0.1, 0.15) is 49.4 Å². The van der Waals surface area contributed by atoms with E-state index in [0.717, 1.165) is 52.0 Å². The monoisotopic (exact) mass is 460 g/mol. The van der Waals surface area contributed by atoms with E-state index in [1.807, 2.05) is 60.2 Å². The molecule has 4 heteroatoms. The summed E-state index contributed by atoms with van der Waals surface area (Å²) in [5.41, 5.74) is 5.70. The lowest BCUT2D eigenvalue weighted by molar-refractivity contribution is 0.424. The third-order valence-corrected chi connectivity index (χ3v) is 7.12. The van der Waals surface area contributed by atoms with Crippen molar-refractivity contribution in [2.24, 2.45) is 0 Å². The molecule has 1 saturated carbocycles. The molecule has 1 aliphatic carbocycles. The van der Waals surface area contributed by atoms with Crippen LogP contribution in [0.4, 0.5) is 0 Å². The fourth-order valence-corrected chi connectivity index (χ4v) is 5.38. The zero-order valence-electron chi connectivity index (χ0n) is 19.9. The van der Waals surface area contributed by atoms with Crippen molar-refractivity contribution in [1.82, 2.24) is 9.55 Å². The smallest absolute Gasteiger partial charge is 0.361 e. The number of aryl methyl sites for hydroxylation is 1. The quantitative estimate of drug-likeness (QED) is 0.259. The van der Waals surface area contributed by atoms with E-state index in [-0.39, 0.29) is 5.63 Å². The molecule has 0 radical (unpaired) electrons. The fourth-order valence-electron chi connectivity index (χ4n) is 5.38. The van der Waals surface area contributed by atoms with Crippen LogP contribution >= 0.6 is 0 Å². The lowest BCUT2D eigenvalue weighted by Crippen LogP contribution is -2.17. The molecule has 2 heterocycles. The highest BCUT2D eigenvalue weighted by atomic mass is 16.4. The Morgan fingerprint density at radius 2 is 1.54 bits per heavy atom. The fraction of sp³-hybridized carbons (Fsp3) is 0.226. The molecule has 5 aromatic rings. The van der Waals surface area contributed by atoms with Crippen LogP contribution in [0.25, 0.3) is 39.0 Å². The molecule has 3 aromatic carbocycles. The number of fused-ring (bicyclic) bond motifs is 1. The summed E-state index contributed by atoms with van der Waals surface area (Å²) in [4.78, 5) is 18.8. The van der Waals surface area contributed by atoms with Crippen molar-refractivity contribution in [2.45, 2.75) is 44.9 Å². The highest BCUT2D eigenvalue weighted by Gasteiger charge is 2.27. The van der Waals surface area contributed by atoms with Gasteiger partial charge in [-0.25, -0.2) is 9.78 Å². The van der Waals surface area contributed by atoms with Gasteiger partial charge in [-0.3, -0.25) is 4.57 Å². The van der Waals surface area contributed by atoms with Crippen LogP contribution in [0.3, 0.4) is 0 Å². The van der Waals surface area contributed by atoms with Gasteiger partial charge in [0, 0.05) is 28.6 Å². The van der Waals surface area contributed by atoms with E-state index >= 15 is 0 Å². The van der Waals surface area contributed by atoms with E-state index in [2.05, 4.69) is 36.4 Å². The molecule has 0 atom stereocenters. The van der Waals surface area contributed by atoms with Gasteiger partial charge in [-0.05, 0) is 37.0 Å². The maximum atomic E-state index is 13.7. The highest BCUT2D eigenvalue weighted by Crippen LogP contribution is 2.38. The van der Waals surface area contributed by atoms with Gasteiger partial charge in [-0.2, -0.15) is 0 Å². The first-order valence-corrected chi connectivity index (χ1v) is 12.5. The molecule has 0 spiro atoms. The summed E-state index contributed by atoms with van der Waals surface area (Å²) in [6.45, 7) is 2.01. The van der Waals surface area contributed by atoms with Gasteiger partial charge in [-0.15, -0.1) is 0 Å². The third kappa shape index (κ3) is 3.99. The molecule has 0 N–H and O–H groups in total. The molecule has 6 rings (SSSR count). The van der Waals surface area contributed by atoms with E-state index in [0.29, 0.717) is 17.2 Å². The maximum Gasteiger partial charge on any atom is 0.361 e. The minimum absolute atomic E-state index is 0.318. The maximum absolute atomic E-state index is 13.7. The Bertz CT molecular complexity index is 1540. The molecule has 35 heavy (non-hydrogen) atoms. The molecule has 1 fully saturated rings. The summed E-state index contributed by atoms with van der Waals surface area (Å²) in [6.07, 6.45) is 7.84. The standard InChI is InChI=1S/C31H28N2O2/c1-21-17-18-25-27(19-21)35-31(34)29(28(25)23-13-7-3-8-14-23)33-20-26(22-11-5-2-6-12-22)32-30(33)24-15-9-4-10-16-24/h2-3,5-8,11-14,17-20,24H,4,9-10,15-16H2,1H3. The predicted octanol–water partition coefficient (Wildman–Crippen LogP) is 7.67. The molecule has 0 unspecified atom stereocenters.